The molecule has 1 aliphatic rings. The zero-order valence-corrected chi connectivity index (χ0v) is 25.7. The van der Waals surface area contributed by atoms with Crippen LogP contribution in [-0.2, 0) is 22.7 Å². The van der Waals surface area contributed by atoms with Crippen molar-refractivity contribution in [2.24, 2.45) is 0 Å². The molecule has 42 heavy (non-hydrogen) atoms. The minimum absolute atomic E-state index is 0.0188. The molecule has 0 saturated carbocycles. The molecule has 0 unspecified atom stereocenters. The molecular formula is C29H25Br2N3O8. The first-order chi connectivity index (χ1) is 20.1. The van der Waals surface area contributed by atoms with Crippen LogP contribution < -0.4 is 19.5 Å². The maximum Gasteiger partial charge on any atom is 0.331 e. The van der Waals surface area contributed by atoms with Crippen LogP contribution in [0, 0.1) is 10.1 Å². The third-order valence-corrected chi connectivity index (χ3v) is 7.26. The van der Waals surface area contributed by atoms with Crippen molar-refractivity contribution in [2.45, 2.75) is 26.5 Å². The number of carbonyl (C=O) groups is 3. The predicted octanol–water partition coefficient (Wildman–Crippen LogP) is 6.16. The van der Waals surface area contributed by atoms with E-state index < -0.39 is 22.8 Å². The Morgan fingerprint density at radius 3 is 2.24 bits per heavy atom. The molecule has 1 aliphatic heterocycles. The van der Waals surface area contributed by atoms with Gasteiger partial charge in [0.2, 0.25) is 0 Å². The fourth-order valence-corrected chi connectivity index (χ4v) is 5.45. The molecule has 13 heteroatoms. The van der Waals surface area contributed by atoms with E-state index in [4.69, 9.17) is 14.2 Å². The number of nitrogens with one attached hydrogen (secondary N) is 1. The number of hydrogen-bond acceptors (Lipinski definition) is 8. The van der Waals surface area contributed by atoms with Crippen LogP contribution in [0.4, 0.5) is 10.5 Å². The highest BCUT2D eigenvalue weighted by Crippen LogP contribution is 2.36. The standard InChI is InChI=1S/C29H25Br2N3O8/c1-3-10-41-24-9-6-18(14-25(24)40-2)15-33-28(36)21(27(35)32-29(33)37)11-19-12-22(30)26(23(31)13-19)42-16-17-4-7-20(8-5-17)34(38)39/h4-9,11-14H,3,10,15-16H2,1-2H3,(H,32,35,37)/b21-11+. The van der Waals surface area contributed by atoms with Crippen LogP contribution in [-0.4, -0.2) is 41.4 Å². The van der Waals surface area contributed by atoms with Gasteiger partial charge in [0, 0.05) is 12.1 Å². The van der Waals surface area contributed by atoms with E-state index in [0.29, 0.717) is 43.9 Å². The van der Waals surface area contributed by atoms with Gasteiger partial charge >= 0.3 is 6.03 Å². The lowest BCUT2D eigenvalue weighted by molar-refractivity contribution is -0.384. The van der Waals surface area contributed by atoms with Crippen LogP contribution >= 0.6 is 31.9 Å². The minimum atomic E-state index is -0.829. The molecule has 0 aromatic heterocycles. The second kappa shape index (κ2) is 13.6. The first-order valence-corrected chi connectivity index (χ1v) is 14.2. The number of ether oxygens (including phenoxy) is 3. The topological polar surface area (TPSA) is 137 Å². The first kappa shape index (κ1) is 30.7. The highest BCUT2D eigenvalue weighted by Gasteiger charge is 2.36. The lowest BCUT2D eigenvalue weighted by Crippen LogP contribution is -2.53. The number of hydrogen-bond donors (Lipinski definition) is 1. The number of imide groups is 2. The largest absolute Gasteiger partial charge is 0.493 e. The lowest BCUT2D eigenvalue weighted by Gasteiger charge is -2.26. The predicted molar refractivity (Wildman–Crippen MR) is 160 cm³/mol. The van der Waals surface area contributed by atoms with Gasteiger partial charge in [0.05, 0.1) is 34.1 Å². The molecule has 11 nitrogen and oxygen atoms in total. The third-order valence-electron chi connectivity index (χ3n) is 6.08. The molecule has 1 N–H and O–H groups in total. The number of benzene rings is 3. The molecule has 4 rings (SSSR count). The number of non-ortho nitro benzene ring substituents is 1. The number of halogens is 2. The van der Waals surface area contributed by atoms with E-state index >= 15 is 0 Å². The average Bonchev–Trinajstić information content (AvgIpc) is 2.96. The van der Waals surface area contributed by atoms with Crippen molar-refractivity contribution >= 4 is 61.5 Å². The van der Waals surface area contributed by atoms with Gasteiger partial charge < -0.3 is 14.2 Å². The fourth-order valence-electron chi connectivity index (χ4n) is 4.00. The van der Waals surface area contributed by atoms with Gasteiger partial charge in [0.15, 0.2) is 11.5 Å². The fraction of sp³-hybridized carbons (Fsp3) is 0.207. The molecule has 1 fully saturated rings. The molecule has 0 spiro atoms. The van der Waals surface area contributed by atoms with E-state index in [-0.39, 0.29) is 24.4 Å². The smallest absolute Gasteiger partial charge is 0.331 e. The summed E-state index contributed by atoms with van der Waals surface area (Å²) in [5, 5.41) is 13.1. The van der Waals surface area contributed by atoms with Gasteiger partial charge in [0.25, 0.3) is 17.5 Å². The molecule has 0 radical (unpaired) electrons. The number of methoxy groups -OCH3 is 1. The molecule has 1 heterocycles. The highest BCUT2D eigenvalue weighted by molar-refractivity contribution is 9.11. The second-order valence-corrected chi connectivity index (χ2v) is 10.8. The Morgan fingerprint density at radius 1 is 0.952 bits per heavy atom. The zero-order chi connectivity index (χ0) is 30.4. The Balaban J connectivity index is 1.52. The monoisotopic (exact) mass is 701 g/mol. The number of nitrogens with zero attached hydrogens (tertiary/aromatic N) is 2. The van der Waals surface area contributed by atoms with Crippen LogP contribution in [0.1, 0.15) is 30.0 Å². The van der Waals surface area contributed by atoms with Gasteiger partial charge in [-0.15, -0.1) is 0 Å². The van der Waals surface area contributed by atoms with Gasteiger partial charge in [-0.2, -0.15) is 0 Å². The van der Waals surface area contributed by atoms with Crippen molar-refractivity contribution < 1.29 is 33.5 Å². The number of barbiturate groups is 1. The van der Waals surface area contributed by atoms with Crippen LogP contribution in [0.3, 0.4) is 0 Å². The summed E-state index contributed by atoms with van der Waals surface area (Å²) in [6.07, 6.45) is 2.20. The summed E-state index contributed by atoms with van der Waals surface area (Å²) in [6, 6.07) is 13.6. The molecule has 1 saturated heterocycles. The number of nitro groups is 1. The second-order valence-electron chi connectivity index (χ2n) is 9.07. The normalized spacial score (nSPS) is 14.1. The summed E-state index contributed by atoms with van der Waals surface area (Å²) in [6.45, 7) is 2.54. The van der Waals surface area contributed by atoms with Crippen molar-refractivity contribution in [3.8, 4) is 17.2 Å². The molecule has 4 amide bonds. The average molecular weight is 703 g/mol. The SMILES string of the molecule is CCCOc1ccc(CN2C(=O)NC(=O)/C(=C\c3cc(Br)c(OCc4ccc([N+](=O)[O-])cc4)c(Br)c3)C2=O)cc1OC. The minimum Gasteiger partial charge on any atom is -0.493 e. The number of amides is 4. The van der Waals surface area contributed by atoms with E-state index in [2.05, 4.69) is 37.2 Å². The van der Waals surface area contributed by atoms with Gasteiger partial charge in [-0.25, -0.2) is 4.79 Å². The summed E-state index contributed by atoms with van der Waals surface area (Å²) >= 11 is 6.90. The highest BCUT2D eigenvalue weighted by atomic mass is 79.9. The number of carbonyl (C=O) groups excluding carboxylic acids is 3. The summed E-state index contributed by atoms with van der Waals surface area (Å²) in [5.41, 5.74) is 1.58. The molecule has 0 atom stereocenters. The molecule has 3 aromatic rings. The Hall–Kier alpha value is -4.23. The van der Waals surface area contributed by atoms with Crippen LogP contribution in [0.2, 0.25) is 0 Å². The molecule has 218 valence electrons. The van der Waals surface area contributed by atoms with Crippen LogP contribution in [0.5, 0.6) is 17.2 Å². The van der Waals surface area contributed by atoms with Crippen molar-refractivity contribution in [1.29, 1.82) is 0 Å². The Morgan fingerprint density at radius 2 is 1.62 bits per heavy atom. The van der Waals surface area contributed by atoms with E-state index in [1.807, 2.05) is 6.92 Å². The molecular weight excluding hydrogens is 678 g/mol. The third kappa shape index (κ3) is 7.15. The van der Waals surface area contributed by atoms with Crippen molar-refractivity contribution in [1.82, 2.24) is 10.2 Å². The number of urea groups is 1. The Kier molecular flexibility index (Phi) is 9.96. The summed E-state index contributed by atoms with van der Waals surface area (Å²) in [4.78, 5) is 49.9. The van der Waals surface area contributed by atoms with E-state index in [1.165, 1.54) is 25.3 Å². The summed E-state index contributed by atoms with van der Waals surface area (Å²) < 4.78 is 18.0. The molecule has 3 aromatic carbocycles. The quantitative estimate of drug-likeness (QED) is 0.109. The Labute approximate surface area is 257 Å². The first-order valence-electron chi connectivity index (χ1n) is 12.6. The molecule has 0 bridgehead atoms. The maximum absolute atomic E-state index is 13.3. The van der Waals surface area contributed by atoms with Crippen molar-refractivity contribution in [3.63, 3.8) is 0 Å². The van der Waals surface area contributed by atoms with E-state index in [1.54, 1.807) is 42.5 Å². The summed E-state index contributed by atoms with van der Waals surface area (Å²) in [5.74, 6) is -0.104. The van der Waals surface area contributed by atoms with Gasteiger partial charge in [0.1, 0.15) is 17.9 Å². The number of rotatable bonds is 11. The number of nitro benzene ring substituents is 1. The van der Waals surface area contributed by atoms with E-state index in [9.17, 15) is 24.5 Å². The maximum atomic E-state index is 13.3. The molecule has 0 aliphatic carbocycles. The van der Waals surface area contributed by atoms with Crippen LogP contribution in [0.25, 0.3) is 6.08 Å². The van der Waals surface area contributed by atoms with Crippen LogP contribution in [0.15, 0.2) is 69.1 Å². The zero-order valence-electron chi connectivity index (χ0n) is 22.5. The van der Waals surface area contributed by atoms with Gasteiger partial charge in [-0.1, -0.05) is 13.0 Å². The Bertz CT molecular complexity index is 1550. The van der Waals surface area contributed by atoms with E-state index in [0.717, 1.165) is 16.9 Å². The van der Waals surface area contributed by atoms with Gasteiger partial charge in [-0.3, -0.25) is 29.9 Å². The van der Waals surface area contributed by atoms with Crippen molar-refractivity contribution in [3.05, 3.63) is 95.9 Å². The summed E-state index contributed by atoms with van der Waals surface area (Å²) in [7, 11) is 1.50. The van der Waals surface area contributed by atoms with Gasteiger partial charge in [-0.05, 0) is 97.4 Å². The van der Waals surface area contributed by atoms with Crippen molar-refractivity contribution in [2.75, 3.05) is 13.7 Å². The lowest BCUT2D eigenvalue weighted by atomic mass is 10.1.